The second-order valence-corrected chi connectivity index (χ2v) is 8.02. The number of hydrogen-bond acceptors (Lipinski definition) is 5. The van der Waals surface area contributed by atoms with Gasteiger partial charge in [-0.05, 0) is 43.9 Å². The van der Waals surface area contributed by atoms with Crippen molar-refractivity contribution in [2.24, 2.45) is 5.92 Å². The van der Waals surface area contributed by atoms with Crippen molar-refractivity contribution in [2.75, 3.05) is 36.9 Å². The van der Waals surface area contributed by atoms with Gasteiger partial charge in [-0.2, -0.15) is 0 Å². The van der Waals surface area contributed by atoms with E-state index in [-0.39, 0.29) is 34.9 Å². The lowest BCUT2D eigenvalue weighted by atomic mass is 9.95. The third-order valence-electron chi connectivity index (χ3n) is 5.77. The lowest BCUT2D eigenvalue weighted by Crippen LogP contribution is -2.43. The fourth-order valence-electron chi connectivity index (χ4n) is 4.05. The van der Waals surface area contributed by atoms with Crippen LogP contribution in [0.15, 0.2) is 42.5 Å². The van der Waals surface area contributed by atoms with E-state index in [1.165, 1.54) is 11.0 Å². The van der Waals surface area contributed by atoms with Crippen LogP contribution in [0.3, 0.4) is 0 Å². The minimum atomic E-state index is -0.380. The second kappa shape index (κ2) is 9.59. The van der Waals surface area contributed by atoms with E-state index in [1.54, 1.807) is 25.2 Å². The predicted octanol–water partition coefficient (Wildman–Crippen LogP) is 3.53. The first-order valence-corrected chi connectivity index (χ1v) is 10.4. The molecule has 1 saturated heterocycles. The number of amides is 2. The van der Waals surface area contributed by atoms with E-state index < -0.39 is 0 Å². The summed E-state index contributed by atoms with van der Waals surface area (Å²) in [5.74, 6) is -0.499. The molecule has 0 aliphatic carbocycles. The molecule has 0 saturated carbocycles. The Morgan fingerprint density at radius 2 is 1.71 bits per heavy atom. The van der Waals surface area contributed by atoms with E-state index in [4.69, 9.17) is 0 Å². The number of likely N-dealkylation sites (N-methyl/N-ethyl adjacent to an activating group) is 1. The largest absolute Gasteiger partial charge is 0.366 e. The molecule has 0 aromatic heterocycles. The van der Waals surface area contributed by atoms with Gasteiger partial charge in [0.1, 0.15) is 5.69 Å². The first-order chi connectivity index (χ1) is 14.8. The molecule has 0 atom stereocenters. The topological polar surface area (TPSA) is 95.8 Å². The van der Waals surface area contributed by atoms with Gasteiger partial charge in [0.05, 0.1) is 11.5 Å². The third kappa shape index (κ3) is 5.20. The van der Waals surface area contributed by atoms with Crippen molar-refractivity contribution < 1.29 is 14.5 Å². The third-order valence-corrected chi connectivity index (χ3v) is 5.77. The molecule has 2 aromatic rings. The summed E-state index contributed by atoms with van der Waals surface area (Å²) < 4.78 is 0. The molecule has 1 aliphatic heterocycles. The van der Waals surface area contributed by atoms with Gasteiger partial charge >= 0.3 is 0 Å². The van der Waals surface area contributed by atoms with Crippen molar-refractivity contribution in [3.63, 3.8) is 0 Å². The highest BCUT2D eigenvalue weighted by Gasteiger charge is 2.30. The Balaban J connectivity index is 1.56. The summed E-state index contributed by atoms with van der Waals surface area (Å²) in [6, 6.07) is 12.5. The van der Waals surface area contributed by atoms with Crippen molar-refractivity contribution in [3.8, 4) is 0 Å². The number of aryl methyl sites for hydroxylation is 2. The number of hydrogen-bond donors (Lipinski definition) is 1. The first-order valence-electron chi connectivity index (χ1n) is 10.4. The number of nitrogens with zero attached hydrogens (tertiary/aromatic N) is 3. The summed E-state index contributed by atoms with van der Waals surface area (Å²) in [4.78, 5) is 39.7. The summed E-state index contributed by atoms with van der Waals surface area (Å²) in [5.41, 5.74) is 3.40. The molecule has 3 rings (SSSR count). The average molecular weight is 425 g/mol. The van der Waals surface area contributed by atoms with Gasteiger partial charge in [-0.1, -0.05) is 30.3 Å². The van der Waals surface area contributed by atoms with E-state index in [0.717, 1.165) is 16.8 Å². The van der Waals surface area contributed by atoms with Crippen molar-refractivity contribution in [3.05, 3.63) is 63.7 Å². The smallest absolute Gasteiger partial charge is 0.292 e. The van der Waals surface area contributed by atoms with E-state index in [0.29, 0.717) is 31.6 Å². The van der Waals surface area contributed by atoms with Crippen LogP contribution >= 0.6 is 0 Å². The van der Waals surface area contributed by atoms with Crippen LogP contribution in [-0.2, 0) is 9.59 Å². The number of piperidine rings is 1. The zero-order chi connectivity index (χ0) is 22.5. The van der Waals surface area contributed by atoms with Crippen molar-refractivity contribution in [1.29, 1.82) is 0 Å². The highest BCUT2D eigenvalue weighted by atomic mass is 16.6. The van der Waals surface area contributed by atoms with Crippen LogP contribution in [0, 0.1) is 29.9 Å². The van der Waals surface area contributed by atoms with Crippen LogP contribution in [0.5, 0.6) is 0 Å². The SMILES string of the molecule is Cc1cccc(C)c1NC(=O)CN(C)C(=O)C1CCN(c2ccccc2[N+](=O)[O-])CC1. The standard InChI is InChI=1S/C23H28N4O4/c1-16-7-6-8-17(2)22(16)24-21(28)15-25(3)23(29)18-11-13-26(14-12-18)19-9-4-5-10-20(19)27(30)31/h4-10,18H,11-15H2,1-3H3,(H,24,28). The molecular formula is C23H28N4O4. The van der Waals surface area contributed by atoms with Gasteiger partial charge < -0.3 is 15.1 Å². The number of carbonyl (C=O) groups is 2. The van der Waals surface area contributed by atoms with Crippen LogP contribution in [-0.4, -0.2) is 48.3 Å². The monoisotopic (exact) mass is 424 g/mol. The van der Waals surface area contributed by atoms with Crippen LogP contribution in [0.2, 0.25) is 0 Å². The second-order valence-electron chi connectivity index (χ2n) is 8.02. The highest BCUT2D eigenvalue weighted by molar-refractivity contribution is 5.96. The molecule has 8 nitrogen and oxygen atoms in total. The number of nitrogens with one attached hydrogen (secondary N) is 1. The molecule has 0 radical (unpaired) electrons. The van der Waals surface area contributed by atoms with Gasteiger partial charge in [0.2, 0.25) is 11.8 Å². The molecule has 31 heavy (non-hydrogen) atoms. The van der Waals surface area contributed by atoms with Crippen LogP contribution in [0.4, 0.5) is 17.1 Å². The van der Waals surface area contributed by atoms with Crippen molar-refractivity contribution in [1.82, 2.24) is 4.90 Å². The zero-order valence-electron chi connectivity index (χ0n) is 18.1. The zero-order valence-corrected chi connectivity index (χ0v) is 18.1. The first kappa shape index (κ1) is 22.3. The molecule has 1 fully saturated rings. The number of nitro groups is 1. The fraction of sp³-hybridized carbons (Fsp3) is 0.391. The molecule has 0 bridgehead atoms. The van der Waals surface area contributed by atoms with Gasteiger partial charge in [0.25, 0.3) is 5.69 Å². The molecular weight excluding hydrogens is 396 g/mol. The Morgan fingerprint density at radius 3 is 2.32 bits per heavy atom. The van der Waals surface area contributed by atoms with Gasteiger partial charge in [0.15, 0.2) is 0 Å². The maximum absolute atomic E-state index is 12.9. The van der Waals surface area contributed by atoms with Gasteiger partial charge in [0, 0.05) is 37.8 Å². The molecule has 8 heteroatoms. The summed E-state index contributed by atoms with van der Waals surface area (Å²) in [6.45, 7) is 4.97. The number of anilines is 2. The van der Waals surface area contributed by atoms with Crippen LogP contribution < -0.4 is 10.2 Å². The Hall–Kier alpha value is -3.42. The molecule has 0 unspecified atom stereocenters. The minimum absolute atomic E-state index is 0.0169. The summed E-state index contributed by atoms with van der Waals surface area (Å²) >= 11 is 0. The number of carbonyl (C=O) groups excluding carboxylic acids is 2. The lowest BCUT2D eigenvalue weighted by Gasteiger charge is -2.34. The average Bonchev–Trinajstić information content (AvgIpc) is 2.76. The Labute approximate surface area is 182 Å². The highest BCUT2D eigenvalue weighted by Crippen LogP contribution is 2.31. The molecule has 1 aliphatic rings. The van der Waals surface area contributed by atoms with Gasteiger partial charge in [-0.25, -0.2) is 0 Å². The Bertz CT molecular complexity index is 963. The quantitative estimate of drug-likeness (QED) is 0.565. The number of para-hydroxylation sites is 3. The molecule has 1 heterocycles. The summed E-state index contributed by atoms with van der Waals surface area (Å²) in [5, 5.41) is 14.2. The minimum Gasteiger partial charge on any atom is -0.366 e. The lowest BCUT2D eigenvalue weighted by molar-refractivity contribution is -0.384. The van der Waals surface area contributed by atoms with E-state index in [9.17, 15) is 19.7 Å². The Morgan fingerprint density at radius 1 is 1.10 bits per heavy atom. The Kier molecular flexibility index (Phi) is 6.89. The summed E-state index contributed by atoms with van der Waals surface area (Å²) in [6.07, 6.45) is 1.18. The molecule has 0 spiro atoms. The maximum Gasteiger partial charge on any atom is 0.292 e. The molecule has 2 amide bonds. The fourth-order valence-corrected chi connectivity index (χ4v) is 4.05. The van der Waals surface area contributed by atoms with Crippen LogP contribution in [0.1, 0.15) is 24.0 Å². The van der Waals surface area contributed by atoms with E-state index in [2.05, 4.69) is 5.32 Å². The van der Waals surface area contributed by atoms with Crippen molar-refractivity contribution >= 4 is 28.9 Å². The van der Waals surface area contributed by atoms with E-state index >= 15 is 0 Å². The summed E-state index contributed by atoms with van der Waals surface area (Å²) in [7, 11) is 1.64. The number of nitro benzene ring substituents is 1. The number of rotatable bonds is 6. The molecule has 2 aromatic carbocycles. The normalized spacial score (nSPS) is 14.2. The van der Waals surface area contributed by atoms with Gasteiger partial charge in [-0.15, -0.1) is 0 Å². The van der Waals surface area contributed by atoms with E-state index in [1.807, 2.05) is 36.9 Å². The maximum atomic E-state index is 12.9. The van der Waals surface area contributed by atoms with Crippen LogP contribution in [0.25, 0.3) is 0 Å². The predicted molar refractivity (Wildman–Crippen MR) is 120 cm³/mol. The number of benzene rings is 2. The van der Waals surface area contributed by atoms with Gasteiger partial charge in [-0.3, -0.25) is 19.7 Å². The van der Waals surface area contributed by atoms with Crippen molar-refractivity contribution in [2.45, 2.75) is 26.7 Å². The molecule has 1 N–H and O–H groups in total. The molecule has 164 valence electrons.